The highest BCUT2D eigenvalue weighted by molar-refractivity contribution is 5.29. The van der Waals surface area contributed by atoms with Gasteiger partial charge in [0.15, 0.2) is 0 Å². The zero-order valence-electron chi connectivity index (χ0n) is 8.58. The van der Waals surface area contributed by atoms with Gasteiger partial charge in [0.25, 0.3) is 0 Å². The number of rotatable bonds is 2. The second-order valence-corrected chi connectivity index (χ2v) is 4.08. The molecule has 0 atom stereocenters. The largest absolute Gasteiger partial charge is 0.722 e. The van der Waals surface area contributed by atoms with E-state index < -0.39 is 0 Å². The summed E-state index contributed by atoms with van der Waals surface area (Å²) >= 11 is 0. The van der Waals surface area contributed by atoms with E-state index in [0.717, 1.165) is 11.7 Å². The third-order valence-electron chi connectivity index (χ3n) is 3.15. The zero-order chi connectivity index (χ0) is 9.80. The lowest BCUT2D eigenvalue weighted by molar-refractivity contribution is 0.186. The highest BCUT2D eigenvalue weighted by atomic mass is 16.5. The average molecular weight is 190 g/mol. The lowest BCUT2D eigenvalue weighted by Crippen LogP contribution is -2.03. The van der Waals surface area contributed by atoms with Gasteiger partial charge in [-0.2, -0.15) is 0 Å². The van der Waals surface area contributed by atoms with Crippen LogP contribution < -0.4 is 0 Å². The Morgan fingerprint density at radius 3 is 2.21 bits per heavy atom. The van der Waals surface area contributed by atoms with Gasteiger partial charge in [0.05, 0.1) is 0 Å². The third kappa shape index (κ3) is 2.09. The Labute approximate surface area is 86.1 Å². The van der Waals surface area contributed by atoms with Crippen molar-refractivity contribution in [1.82, 2.24) is 0 Å². The van der Waals surface area contributed by atoms with Gasteiger partial charge in [-0.3, -0.25) is 0 Å². The first kappa shape index (κ1) is 9.57. The van der Waals surface area contributed by atoms with Gasteiger partial charge >= 0.3 is 0 Å². The highest BCUT2D eigenvalue weighted by Crippen LogP contribution is 2.33. The van der Waals surface area contributed by atoms with E-state index in [-0.39, 0.29) is 0 Å². The Morgan fingerprint density at radius 2 is 1.64 bits per heavy atom. The van der Waals surface area contributed by atoms with Gasteiger partial charge in [0.1, 0.15) is 0 Å². The summed E-state index contributed by atoms with van der Waals surface area (Å²) in [6, 6.07) is 8.55. The van der Waals surface area contributed by atoms with Crippen molar-refractivity contribution in [3.63, 3.8) is 0 Å². The Morgan fingerprint density at radius 1 is 1.00 bits per heavy atom. The summed E-state index contributed by atoms with van der Waals surface area (Å²) in [5.74, 6) is 1.77. The van der Waals surface area contributed by atoms with Crippen molar-refractivity contribution in [3.05, 3.63) is 36.9 Å². The molecule has 1 aromatic carbocycles. The maximum Gasteiger partial charge on any atom is 0.225 e. The predicted molar refractivity (Wildman–Crippen MR) is 59.3 cm³/mol. The van der Waals surface area contributed by atoms with Crippen LogP contribution in [0.3, 0.4) is 0 Å². The van der Waals surface area contributed by atoms with Crippen LogP contribution in [0.5, 0.6) is 5.75 Å². The van der Waals surface area contributed by atoms with Crippen molar-refractivity contribution < 1.29 is 4.74 Å². The number of hydrogen-bond donors (Lipinski definition) is 0. The van der Waals surface area contributed by atoms with Crippen LogP contribution in [-0.4, -0.2) is 4.74 Å². The standard InChI is InChI=1S/C13H18O/c1-14-13-9-7-12(8-10-13)11-5-3-2-4-6-11/h7-11,14H,1-6H2. The minimum absolute atomic E-state index is 0.794. The minimum atomic E-state index is 0.794. The molecule has 0 aromatic heterocycles. The maximum absolute atomic E-state index is 3.91. The fourth-order valence-corrected chi connectivity index (χ4v) is 2.29. The summed E-state index contributed by atoms with van der Waals surface area (Å²) in [6.45, 7) is 0. The van der Waals surface area contributed by atoms with Gasteiger partial charge in [-0.1, -0.05) is 19.3 Å². The minimum Gasteiger partial charge on any atom is -0.722 e. The van der Waals surface area contributed by atoms with Crippen LogP contribution in [0.2, 0.25) is 0 Å². The number of aromatic hydroxyl groups is 1. The van der Waals surface area contributed by atoms with Crippen LogP contribution in [0.15, 0.2) is 24.3 Å². The number of hydrogen-bond acceptors (Lipinski definition) is 0. The molecule has 1 aliphatic carbocycles. The molecule has 2 rings (SSSR count). The molecule has 1 nitrogen and oxygen atoms in total. The lowest BCUT2D eigenvalue weighted by atomic mass is 9.84. The summed E-state index contributed by atoms with van der Waals surface area (Å²) < 4.78 is 3.91. The molecule has 14 heavy (non-hydrogen) atoms. The van der Waals surface area contributed by atoms with Crippen molar-refractivity contribution in [1.29, 1.82) is 0 Å². The molecule has 1 fully saturated rings. The topological polar surface area (TPSA) is 12.8 Å². The van der Waals surface area contributed by atoms with E-state index in [1.807, 2.05) is 0 Å². The highest BCUT2D eigenvalue weighted by Gasteiger charge is 2.15. The molecule has 1 N–H and O–H groups in total. The summed E-state index contributed by atoms with van der Waals surface area (Å²) in [5.41, 5.74) is 1.48. The third-order valence-corrected chi connectivity index (χ3v) is 3.15. The smallest absolute Gasteiger partial charge is 0.225 e. The Bertz CT molecular complexity index is 270. The molecule has 0 unspecified atom stereocenters. The monoisotopic (exact) mass is 190 g/mol. The second-order valence-electron chi connectivity index (χ2n) is 4.08. The normalized spacial score (nSPS) is 18.1. The quantitative estimate of drug-likeness (QED) is 0.497. The molecule has 0 saturated heterocycles. The second kappa shape index (κ2) is 4.50. The molecule has 0 radical (unpaired) electrons. The van der Waals surface area contributed by atoms with Crippen LogP contribution in [0, 0.1) is 7.11 Å². The Balaban J connectivity index is 2.07. The first-order chi connectivity index (χ1) is 6.90. The van der Waals surface area contributed by atoms with Crippen molar-refractivity contribution in [2.24, 2.45) is 0 Å². The molecule has 1 saturated carbocycles. The molecule has 76 valence electrons. The van der Waals surface area contributed by atoms with E-state index in [0.29, 0.717) is 0 Å². The van der Waals surface area contributed by atoms with Gasteiger partial charge in [-0.15, -0.1) is 0 Å². The van der Waals surface area contributed by atoms with E-state index in [2.05, 4.69) is 36.1 Å². The van der Waals surface area contributed by atoms with Gasteiger partial charge < -0.3 is 4.74 Å². The van der Waals surface area contributed by atoms with Crippen molar-refractivity contribution in [2.45, 2.75) is 38.0 Å². The Kier molecular flexibility index (Phi) is 3.07. The molecule has 1 heteroatoms. The van der Waals surface area contributed by atoms with Crippen molar-refractivity contribution >= 4 is 0 Å². The molecule has 0 aliphatic heterocycles. The van der Waals surface area contributed by atoms with E-state index in [1.165, 1.54) is 37.7 Å². The summed E-state index contributed by atoms with van der Waals surface area (Å²) in [6.07, 6.45) is 6.93. The van der Waals surface area contributed by atoms with Crippen LogP contribution in [0.25, 0.3) is 0 Å². The summed E-state index contributed by atoms with van der Waals surface area (Å²) in [5, 5.41) is 0. The van der Waals surface area contributed by atoms with Crippen LogP contribution >= 0.6 is 0 Å². The van der Waals surface area contributed by atoms with Crippen LogP contribution in [-0.2, 0) is 0 Å². The Hall–Kier alpha value is -0.980. The molecular formula is C13H18O. The molecule has 0 heterocycles. The van der Waals surface area contributed by atoms with Crippen LogP contribution in [0.4, 0.5) is 0 Å². The molecule has 1 aromatic rings. The average Bonchev–Trinajstić information content (AvgIpc) is 2.30. The van der Waals surface area contributed by atoms with Gasteiger partial charge in [-0.25, -0.2) is 0 Å². The molecule has 0 bridgehead atoms. The molecule has 0 spiro atoms. The fourth-order valence-electron chi connectivity index (χ4n) is 2.29. The first-order valence-electron chi connectivity index (χ1n) is 5.47. The molecular weight excluding hydrogens is 172 g/mol. The fraction of sp³-hybridized carbons (Fsp3) is 0.462. The van der Waals surface area contributed by atoms with E-state index >= 15 is 0 Å². The van der Waals surface area contributed by atoms with E-state index in [4.69, 9.17) is 0 Å². The van der Waals surface area contributed by atoms with Gasteiger partial charge in [-0.05, 0) is 43.6 Å². The van der Waals surface area contributed by atoms with Gasteiger partial charge in [0, 0.05) is 12.1 Å². The summed E-state index contributed by atoms with van der Waals surface area (Å²) in [7, 11) is 3.52. The molecule has 0 amide bonds. The summed E-state index contributed by atoms with van der Waals surface area (Å²) in [4.78, 5) is 0. The number of aliphatic hydroxyl groups is 1. The van der Waals surface area contributed by atoms with Crippen molar-refractivity contribution in [3.8, 4) is 5.75 Å². The lowest BCUT2D eigenvalue weighted by Gasteiger charge is -2.21. The van der Waals surface area contributed by atoms with Gasteiger partial charge in [0.2, 0.25) is 5.75 Å². The van der Waals surface area contributed by atoms with Crippen molar-refractivity contribution in [2.75, 3.05) is 0 Å². The van der Waals surface area contributed by atoms with E-state index in [1.54, 1.807) is 0 Å². The van der Waals surface area contributed by atoms with E-state index in [9.17, 15) is 0 Å². The maximum atomic E-state index is 3.91. The zero-order valence-corrected chi connectivity index (χ0v) is 8.58. The predicted octanol–water partition coefficient (Wildman–Crippen LogP) is 3.77. The number of ether oxygens (including phenoxy) is 1. The van der Waals surface area contributed by atoms with Crippen LogP contribution in [0.1, 0.15) is 43.6 Å². The first-order valence-corrected chi connectivity index (χ1v) is 5.47. The molecule has 1 aliphatic rings. The number of benzene rings is 1. The SMILES string of the molecule is [CH2-][OH+]c1ccc(C2CCCCC2)cc1.